The molecule has 6 nitrogen and oxygen atoms in total. The molecule has 0 spiro atoms. The number of ether oxygens (including phenoxy) is 1. The van der Waals surface area contributed by atoms with Crippen LogP contribution in [0.4, 0.5) is 0 Å². The minimum absolute atomic E-state index is 0.0294. The van der Waals surface area contributed by atoms with Crippen molar-refractivity contribution >= 4 is 5.91 Å². The molecule has 1 amide bonds. The van der Waals surface area contributed by atoms with Gasteiger partial charge in [0.05, 0.1) is 17.9 Å². The van der Waals surface area contributed by atoms with Crippen molar-refractivity contribution in [1.82, 2.24) is 10.4 Å². The lowest BCUT2D eigenvalue weighted by molar-refractivity contribution is 0.0953. The predicted octanol–water partition coefficient (Wildman–Crippen LogP) is 0.756. The molecule has 0 atom stereocenters. The number of nitrogens with one attached hydrogen (secondary N) is 1. The average molecular weight is 273 g/mol. The lowest BCUT2D eigenvalue weighted by Gasteiger charge is -2.07. The van der Waals surface area contributed by atoms with Gasteiger partial charge in [0.15, 0.2) is 0 Å². The van der Waals surface area contributed by atoms with Crippen LogP contribution in [-0.2, 0) is 13.2 Å². The summed E-state index contributed by atoms with van der Waals surface area (Å²) in [6.07, 6.45) is 1.44. The van der Waals surface area contributed by atoms with Gasteiger partial charge >= 0.3 is 0 Å². The highest BCUT2D eigenvalue weighted by atomic mass is 16.5. The van der Waals surface area contributed by atoms with Crippen LogP contribution in [0.15, 0.2) is 42.6 Å². The topological polar surface area (TPSA) is 97.5 Å². The zero-order valence-electron chi connectivity index (χ0n) is 10.7. The summed E-state index contributed by atoms with van der Waals surface area (Å²) in [7, 11) is 0. The van der Waals surface area contributed by atoms with E-state index in [9.17, 15) is 4.79 Å². The molecule has 1 aromatic heterocycles. The van der Waals surface area contributed by atoms with E-state index in [2.05, 4.69) is 4.98 Å². The van der Waals surface area contributed by atoms with Gasteiger partial charge in [-0.05, 0) is 29.8 Å². The van der Waals surface area contributed by atoms with Crippen molar-refractivity contribution in [3.05, 3.63) is 59.4 Å². The smallest absolute Gasteiger partial charge is 0.266 e. The first-order chi connectivity index (χ1) is 9.72. The maximum Gasteiger partial charge on any atom is 0.266 e. The number of benzene rings is 1. The number of pyridine rings is 1. The molecule has 0 unspecified atom stereocenters. The number of aliphatic hydroxyl groups excluding tert-OH is 1. The zero-order valence-corrected chi connectivity index (χ0v) is 10.7. The van der Waals surface area contributed by atoms with Crippen LogP contribution in [0.1, 0.15) is 21.6 Å². The third-order valence-corrected chi connectivity index (χ3v) is 2.69. The van der Waals surface area contributed by atoms with E-state index in [1.807, 2.05) is 17.6 Å². The minimum atomic E-state index is -0.388. The highest BCUT2D eigenvalue weighted by molar-refractivity contribution is 5.93. The molecule has 0 saturated carbocycles. The molecule has 0 fully saturated rings. The van der Waals surface area contributed by atoms with E-state index >= 15 is 0 Å². The number of carbonyl (C=O) groups excluding carboxylic acids is 1. The molecule has 20 heavy (non-hydrogen) atoms. The first-order valence-electron chi connectivity index (χ1n) is 6.01. The maximum absolute atomic E-state index is 11.2. The molecule has 0 aliphatic heterocycles. The molecule has 0 radical (unpaired) electrons. The summed E-state index contributed by atoms with van der Waals surface area (Å²) in [6, 6.07) is 10.5. The summed E-state index contributed by atoms with van der Waals surface area (Å²) in [5, 5.41) is 9.04. The van der Waals surface area contributed by atoms with Crippen molar-refractivity contribution in [2.45, 2.75) is 13.2 Å². The quantitative estimate of drug-likeness (QED) is 0.424. The van der Waals surface area contributed by atoms with E-state index in [-0.39, 0.29) is 19.1 Å². The zero-order chi connectivity index (χ0) is 14.4. The lowest BCUT2D eigenvalue weighted by atomic mass is 10.2. The van der Waals surface area contributed by atoms with Crippen molar-refractivity contribution in [3.8, 4) is 5.75 Å². The number of carbonyl (C=O) groups is 1. The molecule has 0 aliphatic rings. The van der Waals surface area contributed by atoms with E-state index in [4.69, 9.17) is 15.7 Å². The molecule has 6 heteroatoms. The number of nitrogens with zero attached hydrogens (tertiary/aromatic N) is 1. The minimum Gasteiger partial charge on any atom is -0.487 e. The lowest BCUT2D eigenvalue weighted by Crippen LogP contribution is -2.30. The molecule has 1 heterocycles. The summed E-state index contributed by atoms with van der Waals surface area (Å²) in [4.78, 5) is 15.4. The van der Waals surface area contributed by atoms with Crippen LogP contribution in [0.3, 0.4) is 0 Å². The predicted molar refractivity (Wildman–Crippen MR) is 72.6 cm³/mol. The van der Waals surface area contributed by atoms with E-state index < -0.39 is 0 Å². The number of rotatable bonds is 5. The number of aliphatic hydroxyl groups is 1. The Morgan fingerprint density at radius 3 is 2.85 bits per heavy atom. The van der Waals surface area contributed by atoms with Crippen LogP contribution in [-0.4, -0.2) is 16.0 Å². The number of aromatic nitrogens is 1. The van der Waals surface area contributed by atoms with Gasteiger partial charge in [-0.1, -0.05) is 12.1 Å². The first-order valence-corrected chi connectivity index (χ1v) is 6.01. The van der Waals surface area contributed by atoms with E-state index in [0.29, 0.717) is 17.0 Å². The van der Waals surface area contributed by atoms with Gasteiger partial charge in [-0.15, -0.1) is 0 Å². The molecule has 2 aromatic rings. The summed E-state index contributed by atoms with van der Waals surface area (Å²) in [6.45, 7) is 0.248. The van der Waals surface area contributed by atoms with Gasteiger partial charge in [0, 0.05) is 6.20 Å². The number of hydrazine groups is 1. The van der Waals surface area contributed by atoms with Gasteiger partial charge in [0.2, 0.25) is 0 Å². The number of nitrogen functional groups attached to an aromatic ring is 1. The molecular weight excluding hydrogens is 258 g/mol. The summed E-state index contributed by atoms with van der Waals surface area (Å²) in [5.41, 5.74) is 3.90. The monoisotopic (exact) mass is 273 g/mol. The molecule has 104 valence electrons. The number of hydrogen-bond donors (Lipinski definition) is 3. The maximum atomic E-state index is 11.2. The average Bonchev–Trinajstić information content (AvgIpc) is 2.53. The van der Waals surface area contributed by atoms with Crippen LogP contribution < -0.4 is 16.0 Å². The molecule has 0 aliphatic carbocycles. The SMILES string of the molecule is NNC(=O)c1ccc(COc2cccc(CO)c2)nc1. The van der Waals surface area contributed by atoms with E-state index in [1.54, 1.807) is 24.3 Å². The fourth-order valence-corrected chi connectivity index (χ4v) is 1.62. The Morgan fingerprint density at radius 1 is 1.35 bits per heavy atom. The van der Waals surface area contributed by atoms with Crippen molar-refractivity contribution in [3.63, 3.8) is 0 Å². The second-order valence-corrected chi connectivity index (χ2v) is 4.11. The number of hydrogen-bond acceptors (Lipinski definition) is 5. The third kappa shape index (κ3) is 3.53. The first kappa shape index (κ1) is 14.0. The fourth-order valence-electron chi connectivity index (χ4n) is 1.62. The summed E-state index contributed by atoms with van der Waals surface area (Å²) < 4.78 is 5.56. The van der Waals surface area contributed by atoms with Crippen molar-refractivity contribution in [1.29, 1.82) is 0 Å². The highest BCUT2D eigenvalue weighted by Crippen LogP contribution is 2.14. The third-order valence-electron chi connectivity index (χ3n) is 2.69. The van der Waals surface area contributed by atoms with Gasteiger partial charge in [0.1, 0.15) is 12.4 Å². The Kier molecular flexibility index (Phi) is 4.65. The van der Waals surface area contributed by atoms with Gasteiger partial charge in [-0.25, -0.2) is 5.84 Å². The molecule has 0 bridgehead atoms. The highest BCUT2D eigenvalue weighted by Gasteiger charge is 2.04. The van der Waals surface area contributed by atoms with Crippen molar-refractivity contribution in [2.75, 3.05) is 0 Å². The molecule has 1 aromatic carbocycles. The van der Waals surface area contributed by atoms with Crippen LogP contribution in [0.2, 0.25) is 0 Å². The van der Waals surface area contributed by atoms with Crippen LogP contribution >= 0.6 is 0 Å². The number of nitrogens with two attached hydrogens (primary N) is 1. The number of amides is 1. The largest absolute Gasteiger partial charge is 0.487 e. The van der Waals surface area contributed by atoms with Crippen LogP contribution in [0.5, 0.6) is 5.75 Å². The fraction of sp³-hybridized carbons (Fsp3) is 0.143. The van der Waals surface area contributed by atoms with E-state index in [0.717, 1.165) is 5.56 Å². The van der Waals surface area contributed by atoms with Crippen LogP contribution in [0.25, 0.3) is 0 Å². The second-order valence-electron chi connectivity index (χ2n) is 4.11. The molecule has 4 N–H and O–H groups in total. The Morgan fingerprint density at radius 2 is 2.20 bits per heavy atom. The van der Waals surface area contributed by atoms with Gasteiger partial charge in [-0.3, -0.25) is 15.2 Å². The molecular formula is C14H15N3O3. The van der Waals surface area contributed by atoms with Crippen molar-refractivity contribution in [2.24, 2.45) is 5.84 Å². The summed E-state index contributed by atoms with van der Waals surface area (Å²) in [5.74, 6) is 5.30. The Labute approximate surface area is 116 Å². The van der Waals surface area contributed by atoms with Gasteiger partial charge in [0.25, 0.3) is 5.91 Å². The Bertz CT molecular complexity index is 584. The van der Waals surface area contributed by atoms with Crippen molar-refractivity contribution < 1.29 is 14.6 Å². The van der Waals surface area contributed by atoms with Crippen LogP contribution in [0, 0.1) is 0 Å². The molecule has 0 saturated heterocycles. The normalized spacial score (nSPS) is 10.1. The Balaban J connectivity index is 1.98. The van der Waals surface area contributed by atoms with Gasteiger partial charge < -0.3 is 9.84 Å². The van der Waals surface area contributed by atoms with Gasteiger partial charge in [-0.2, -0.15) is 0 Å². The molecule has 2 rings (SSSR count). The second kappa shape index (κ2) is 6.65. The summed E-state index contributed by atoms with van der Waals surface area (Å²) >= 11 is 0. The Hall–Kier alpha value is -2.44. The standard InChI is InChI=1S/C14H15N3O3/c15-17-14(19)11-4-5-12(16-7-11)9-20-13-3-1-2-10(6-13)8-18/h1-7,18H,8-9,15H2,(H,17,19). The van der Waals surface area contributed by atoms with E-state index in [1.165, 1.54) is 6.20 Å².